The van der Waals surface area contributed by atoms with E-state index in [1.165, 1.54) is 40.7 Å². The topological polar surface area (TPSA) is 89.4 Å². The smallest absolute Gasteiger partial charge is 0.243 e. The van der Waals surface area contributed by atoms with Gasteiger partial charge in [-0.3, -0.25) is 0 Å². The van der Waals surface area contributed by atoms with Crippen molar-refractivity contribution in [1.29, 1.82) is 0 Å². The average Bonchev–Trinajstić information content (AvgIpc) is 3.54. The number of nitrogens with zero attached hydrogens (tertiary/aromatic N) is 3. The number of aryl methyl sites for hydroxylation is 1. The molecule has 0 saturated heterocycles. The van der Waals surface area contributed by atoms with E-state index < -0.39 is 21.7 Å². The number of hydrogen-bond donors (Lipinski definition) is 0. The van der Waals surface area contributed by atoms with Crippen LogP contribution in [-0.4, -0.2) is 23.0 Å². The fraction of sp³-hybridized carbons (Fsp3) is 0.111. The van der Waals surface area contributed by atoms with Gasteiger partial charge in [0.2, 0.25) is 10.0 Å². The van der Waals surface area contributed by atoms with Crippen LogP contribution < -0.4 is 0 Å². The minimum absolute atomic E-state index is 0.0906. The molecule has 37 heavy (non-hydrogen) atoms. The third-order valence-corrected chi connectivity index (χ3v) is 7.49. The van der Waals surface area contributed by atoms with E-state index in [-0.39, 0.29) is 29.5 Å². The third kappa shape index (κ3) is 5.50. The Kier molecular flexibility index (Phi) is 6.68. The van der Waals surface area contributed by atoms with Crippen LogP contribution in [0.25, 0.3) is 22.5 Å². The molecule has 0 aliphatic rings. The van der Waals surface area contributed by atoms with Crippen LogP contribution in [0.2, 0.25) is 0 Å². The molecule has 0 amide bonds. The predicted octanol–water partition coefficient (Wildman–Crippen LogP) is 5.97. The van der Waals surface area contributed by atoms with Crippen molar-refractivity contribution in [3.8, 4) is 22.5 Å². The fourth-order valence-electron chi connectivity index (χ4n) is 3.78. The second kappa shape index (κ2) is 10.1. The number of sulfonamides is 1. The summed E-state index contributed by atoms with van der Waals surface area (Å²) in [6.07, 6.45) is 0. The third-order valence-electron chi connectivity index (χ3n) is 5.68. The Morgan fingerprint density at radius 2 is 1.22 bits per heavy atom. The van der Waals surface area contributed by atoms with Crippen LogP contribution in [0.15, 0.2) is 98.9 Å². The van der Waals surface area contributed by atoms with Gasteiger partial charge in [0.15, 0.2) is 11.5 Å². The summed E-state index contributed by atoms with van der Waals surface area (Å²) < 4.78 is 66.5. The van der Waals surface area contributed by atoms with Gasteiger partial charge in [0, 0.05) is 23.3 Å². The summed E-state index contributed by atoms with van der Waals surface area (Å²) in [4.78, 5) is 0.0906. The van der Waals surface area contributed by atoms with Crippen LogP contribution in [0, 0.1) is 18.6 Å². The molecular formula is C27H21F2N3O4S. The zero-order valence-corrected chi connectivity index (χ0v) is 20.5. The highest BCUT2D eigenvalue weighted by Crippen LogP contribution is 2.26. The van der Waals surface area contributed by atoms with Crippen molar-refractivity contribution < 1.29 is 26.2 Å². The van der Waals surface area contributed by atoms with Crippen molar-refractivity contribution in [2.45, 2.75) is 24.9 Å². The standard InChI is InChI=1S/C27H21F2N3O4S/c1-18-8-10-25(11-9-18)37(33,34)32(16-23-14-26(30-35-23)19-4-2-6-21(28)12-19)17-24-15-27(31-36-24)20-5-3-7-22(29)13-20/h2-15H,16-17H2,1H3. The number of hydrogen-bond acceptors (Lipinski definition) is 6. The van der Waals surface area contributed by atoms with Gasteiger partial charge in [0.1, 0.15) is 23.0 Å². The molecule has 2 aromatic heterocycles. The molecule has 0 atom stereocenters. The van der Waals surface area contributed by atoms with Gasteiger partial charge in [-0.15, -0.1) is 0 Å². The quantitative estimate of drug-likeness (QED) is 0.250. The number of aromatic nitrogens is 2. The maximum atomic E-state index is 13.6. The zero-order chi connectivity index (χ0) is 26.0. The van der Waals surface area contributed by atoms with Gasteiger partial charge in [-0.2, -0.15) is 4.31 Å². The molecule has 0 bridgehead atoms. The van der Waals surface area contributed by atoms with Crippen LogP contribution in [0.5, 0.6) is 0 Å². The fourth-order valence-corrected chi connectivity index (χ4v) is 5.15. The maximum absolute atomic E-state index is 13.6. The molecule has 188 valence electrons. The van der Waals surface area contributed by atoms with E-state index in [2.05, 4.69) is 10.3 Å². The minimum atomic E-state index is -4.00. The highest BCUT2D eigenvalue weighted by Gasteiger charge is 2.28. The molecule has 10 heteroatoms. The van der Waals surface area contributed by atoms with E-state index in [4.69, 9.17) is 9.05 Å². The van der Waals surface area contributed by atoms with Crippen molar-refractivity contribution in [3.05, 3.63) is 114 Å². The van der Waals surface area contributed by atoms with Gasteiger partial charge in [0.05, 0.1) is 18.0 Å². The van der Waals surface area contributed by atoms with Crippen LogP contribution in [0.1, 0.15) is 17.1 Å². The largest absolute Gasteiger partial charge is 0.359 e. The molecule has 0 fully saturated rings. The summed E-state index contributed by atoms with van der Waals surface area (Å²) in [7, 11) is -4.00. The molecular weight excluding hydrogens is 500 g/mol. The molecule has 2 heterocycles. The molecule has 7 nitrogen and oxygen atoms in total. The highest BCUT2D eigenvalue weighted by atomic mass is 32.2. The number of benzene rings is 3. The zero-order valence-electron chi connectivity index (χ0n) is 19.6. The van der Waals surface area contributed by atoms with Crippen LogP contribution in [-0.2, 0) is 23.1 Å². The Hall–Kier alpha value is -4.15. The lowest BCUT2D eigenvalue weighted by Crippen LogP contribution is -2.30. The molecule has 0 radical (unpaired) electrons. The molecule has 5 rings (SSSR count). The molecule has 5 aromatic rings. The van der Waals surface area contributed by atoms with Crippen LogP contribution in [0.3, 0.4) is 0 Å². The number of halogens is 2. The lowest BCUT2D eigenvalue weighted by atomic mass is 10.1. The van der Waals surface area contributed by atoms with E-state index >= 15 is 0 Å². The molecule has 0 N–H and O–H groups in total. The second-order valence-corrected chi connectivity index (χ2v) is 10.4. The second-order valence-electron chi connectivity index (χ2n) is 8.46. The van der Waals surface area contributed by atoms with Gasteiger partial charge in [-0.05, 0) is 43.3 Å². The monoisotopic (exact) mass is 521 g/mol. The first-order valence-corrected chi connectivity index (χ1v) is 12.7. The Morgan fingerprint density at radius 1 is 0.730 bits per heavy atom. The van der Waals surface area contributed by atoms with E-state index in [0.717, 1.165) is 5.56 Å². The van der Waals surface area contributed by atoms with Gasteiger partial charge >= 0.3 is 0 Å². The molecule has 0 saturated carbocycles. The lowest BCUT2D eigenvalue weighted by molar-refractivity contribution is 0.288. The highest BCUT2D eigenvalue weighted by molar-refractivity contribution is 7.89. The van der Waals surface area contributed by atoms with E-state index in [1.54, 1.807) is 48.5 Å². The first-order chi connectivity index (χ1) is 17.8. The molecule has 0 aliphatic carbocycles. The summed E-state index contributed by atoms with van der Waals surface area (Å²) in [6, 6.07) is 21.3. The van der Waals surface area contributed by atoms with Crippen molar-refractivity contribution in [2.75, 3.05) is 0 Å². The summed E-state index contributed by atoms with van der Waals surface area (Å²) >= 11 is 0. The van der Waals surface area contributed by atoms with Crippen LogP contribution >= 0.6 is 0 Å². The van der Waals surface area contributed by atoms with Crippen molar-refractivity contribution in [1.82, 2.24) is 14.6 Å². The lowest BCUT2D eigenvalue weighted by Gasteiger charge is -2.19. The molecule has 3 aromatic carbocycles. The summed E-state index contributed by atoms with van der Waals surface area (Å²) in [5.41, 5.74) is 2.65. The van der Waals surface area contributed by atoms with Crippen molar-refractivity contribution in [2.24, 2.45) is 0 Å². The minimum Gasteiger partial charge on any atom is -0.359 e. The van der Waals surface area contributed by atoms with Gasteiger partial charge in [-0.25, -0.2) is 17.2 Å². The van der Waals surface area contributed by atoms with E-state index in [0.29, 0.717) is 22.5 Å². The summed E-state index contributed by atoms with van der Waals surface area (Å²) in [5.74, 6) is -0.352. The SMILES string of the molecule is Cc1ccc(S(=O)(=O)N(Cc2cc(-c3cccc(F)c3)no2)Cc2cc(-c3cccc(F)c3)no2)cc1. The first-order valence-electron chi connectivity index (χ1n) is 11.3. The first kappa shape index (κ1) is 24.5. The van der Waals surface area contributed by atoms with E-state index in [1.807, 2.05) is 6.92 Å². The Morgan fingerprint density at radius 3 is 1.68 bits per heavy atom. The Bertz CT molecular complexity index is 1560. The molecule has 0 aliphatic heterocycles. The van der Waals surface area contributed by atoms with Crippen molar-refractivity contribution in [3.63, 3.8) is 0 Å². The summed E-state index contributed by atoms with van der Waals surface area (Å²) in [5, 5.41) is 7.94. The van der Waals surface area contributed by atoms with Gasteiger partial charge < -0.3 is 9.05 Å². The van der Waals surface area contributed by atoms with Crippen molar-refractivity contribution >= 4 is 10.0 Å². The number of rotatable bonds is 8. The Labute approximate surface area is 212 Å². The van der Waals surface area contributed by atoms with Gasteiger partial charge in [-0.1, -0.05) is 52.3 Å². The summed E-state index contributed by atoms with van der Waals surface area (Å²) in [6.45, 7) is 1.52. The molecule has 0 unspecified atom stereocenters. The van der Waals surface area contributed by atoms with E-state index in [9.17, 15) is 17.2 Å². The Balaban J connectivity index is 1.46. The average molecular weight is 522 g/mol. The normalized spacial score (nSPS) is 11.8. The maximum Gasteiger partial charge on any atom is 0.243 e. The predicted molar refractivity (Wildman–Crippen MR) is 131 cm³/mol. The molecule has 0 spiro atoms. The van der Waals surface area contributed by atoms with Gasteiger partial charge in [0.25, 0.3) is 0 Å². The van der Waals surface area contributed by atoms with Crippen LogP contribution in [0.4, 0.5) is 8.78 Å².